The second kappa shape index (κ2) is 6.50. The molecular formula is C17H25N5O3. The quantitative estimate of drug-likeness (QED) is 0.872. The van der Waals surface area contributed by atoms with Gasteiger partial charge in [-0.05, 0) is 39.5 Å². The monoisotopic (exact) mass is 347 g/mol. The zero-order chi connectivity index (χ0) is 18.2. The third-order valence-corrected chi connectivity index (χ3v) is 4.55. The minimum atomic E-state index is -0.487. The number of likely N-dealkylation sites (tertiary alicyclic amines) is 1. The third kappa shape index (κ3) is 3.83. The van der Waals surface area contributed by atoms with Crippen LogP contribution in [0, 0.1) is 5.92 Å². The first kappa shape index (κ1) is 17.4. The molecule has 1 aromatic heterocycles. The number of fused-ring (bicyclic) bond motifs is 1. The Bertz CT molecular complexity index is 677. The van der Waals surface area contributed by atoms with Crippen molar-refractivity contribution < 1.29 is 14.3 Å². The lowest BCUT2D eigenvalue weighted by Crippen LogP contribution is -2.44. The molecule has 1 saturated heterocycles. The predicted molar refractivity (Wildman–Crippen MR) is 93.0 cm³/mol. The van der Waals surface area contributed by atoms with Crippen molar-refractivity contribution in [3.8, 4) is 0 Å². The SMILES string of the molecule is CC(C)(C)OC(=O)N1CCC(CN2C(=O)Cc3c(N)ncnc32)CC1. The largest absolute Gasteiger partial charge is 0.444 e. The third-order valence-electron chi connectivity index (χ3n) is 4.55. The molecule has 0 saturated carbocycles. The van der Waals surface area contributed by atoms with Gasteiger partial charge < -0.3 is 15.4 Å². The summed E-state index contributed by atoms with van der Waals surface area (Å²) < 4.78 is 5.41. The summed E-state index contributed by atoms with van der Waals surface area (Å²) in [6.45, 7) is 7.47. The van der Waals surface area contributed by atoms with E-state index in [9.17, 15) is 9.59 Å². The molecular weight excluding hydrogens is 322 g/mol. The normalized spacial score (nSPS) is 18.4. The molecule has 2 aliphatic heterocycles. The Kier molecular flexibility index (Phi) is 4.53. The van der Waals surface area contributed by atoms with Crippen LogP contribution in [-0.2, 0) is 16.0 Å². The van der Waals surface area contributed by atoms with Crippen LogP contribution in [0.2, 0.25) is 0 Å². The van der Waals surface area contributed by atoms with E-state index < -0.39 is 5.60 Å². The lowest BCUT2D eigenvalue weighted by atomic mass is 9.96. The van der Waals surface area contributed by atoms with Crippen LogP contribution in [0.1, 0.15) is 39.2 Å². The molecule has 0 atom stereocenters. The number of rotatable bonds is 2. The van der Waals surface area contributed by atoms with Crippen LogP contribution in [0.15, 0.2) is 6.33 Å². The number of hydrogen-bond donors (Lipinski definition) is 1. The fraction of sp³-hybridized carbons (Fsp3) is 0.647. The fourth-order valence-electron chi connectivity index (χ4n) is 3.25. The Balaban J connectivity index is 1.58. The van der Waals surface area contributed by atoms with Crippen LogP contribution in [-0.4, -0.2) is 52.1 Å². The van der Waals surface area contributed by atoms with Gasteiger partial charge in [-0.15, -0.1) is 0 Å². The lowest BCUT2D eigenvalue weighted by Gasteiger charge is -2.34. The van der Waals surface area contributed by atoms with E-state index in [1.165, 1.54) is 6.33 Å². The van der Waals surface area contributed by atoms with E-state index in [1.807, 2.05) is 20.8 Å². The van der Waals surface area contributed by atoms with Gasteiger partial charge in [0.15, 0.2) is 0 Å². The van der Waals surface area contributed by atoms with Crippen LogP contribution < -0.4 is 10.6 Å². The van der Waals surface area contributed by atoms with Gasteiger partial charge in [0.2, 0.25) is 5.91 Å². The molecule has 0 spiro atoms. The number of hydrogen-bond acceptors (Lipinski definition) is 6. The molecule has 136 valence electrons. The second-order valence-corrected chi connectivity index (χ2v) is 7.65. The van der Waals surface area contributed by atoms with Gasteiger partial charge >= 0.3 is 6.09 Å². The number of carbonyl (C=O) groups excluding carboxylic acids is 2. The van der Waals surface area contributed by atoms with Gasteiger partial charge in [0.25, 0.3) is 0 Å². The van der Waals surface area contributed by atoms with Crippen molar-refractivity contribution >= 4 is 23.6 Å². The Morgan fingerprint density at radius 3 is 2.64 bits per heavy atom. The maximum Gasteiger partial charge on any atom is 0.410 e. The number of piperidine rings is 1. The molecule has 2 N–H and O–H groups in total. The molecule has 8 nitrogen and oxygen atoms in total. The number of anilines is 2. The number of ether oxygens (including phenoxy) is 1. The molecule has 0 bridgehead atoms. The maximum absolute atomic E-state index is 12.3. The van der Waals surface area contributed by atoms with Crippen LogP contribution in [0.4, 0.5) is 16.4 Å². The first-order chi connectivity index (χ1) is 11.7. The average molecular weight is 347 g/mol. The smallest absolute Gasteiger partial charge is 0.410 e. The molecule has 0 unspecified atom stereocenters. The van der Waals surface area contributed by atoms with E-state index in [4.69, 9.17) is 10.5 Å². The zero-order valence-corrected chi connectivity index (χ0v) is 15.0. The fourth-order valence-corrected chi connectivity index (χ4v) is 3.25. The highest BCUT2D eigenvalue weighted by atomic mass is 16.6. The van der Waals surface area contributed by atoms with Gasteiger partial charge in [-0.3, -0.25) is 9.69 Å². The summed E-state index contributed by atoms with van der Waals surface area (Å²) in [4.78, 5) is 36.1. The van der Waals surface area contributed by atoms with Crippen molar-refractivity contribution in [2.24, 2.45) is 5.92 Å². The molecule has 25 heavy (non-hydrogen) atoms. The summed E-state index contributed by atoms with van der Waals surface area (Å²) in [5.41, 5.74) is 6.08. The number of aromatic nitrogens is 2. The maximum atomic E-state index is 12.3. The summed E-state index contributed by atoms with van der Waals surface area (Å²) >= 11 is 0. The minimum absolute atomic E-state index is 0.0109. The van der Waals surface area contributed by atoms with Gasteiger partial charge in [0, 0.05) is 25.2 Å². The number of amides is 2. The summed E-state index contributed by atoms with van der Waals surface area (Å²) in [7, 11) is 0. The number of carbonyl (C=O) groups is 2. The van der Waals surface area contributed by atoms with Gasteiger partial charge in [-0.2, -0.15) is 0 Å². The van der Waals surface area contributed by atoms with Crippen molar-refractivity contribution in [2.45, 2.75) is 45.6 Å². The summed E-state index contributed by atoms with van der Waals surface area (Å²) in [5, 5.41) is 0. The summed E-state index contributed by atoms with van der Waals surface area (Å²) in [6, 6.07) is 0. The average Bonchev–Trinajstić information content (AvgIpc) is 2.84. The highest BCUT2D eigenvalue weighted by Crippen LogP contribution is 2.31. The zero-order valence-electron chi connectivity index (χ0n) is 15.0. The molecule has 2 amide bonds. The van der Waals surface area contributed by atoms with E-state index in [-0.39, 0.29) is 18.4 Å². The topological polar surface area (TPSA) is 102 Å². The Morgan fingerprint density at radius 1 is 1.32 bits per heavy atom. The van der Waals surface area contributed by atoms with Gasteiger partial charge in [-0.1, -0.05) is 0 Å². The van der Waals surface area contributed by atoms with E-state index >= 15 is 0 Å². The van der Waals surface area contributed by atoms with Gasteiger partial charge in [-0.25, -0.2) is 14.8 Å². The Morgan fingerprint density at radius 2 is 2.00 bits per heavy atom. The predicted octanol–water partition coefficient (Wildman–Crippen LogP) is 1.59. The molecule has 1 aromatic rings. The van der Waals surface area contributed by atoms with Crippen molar-refractivity contribution in [1.82, 2.24) is 14.9 Å². The molecule has 8 heteroatoms. The molecule has 1 fully saturated rings. The molecule has 3 rings (SSSR count). The van der Waals surface area contributed by atoms with Crippen molar-refractivity contribution in [2.75, 3.05) is 30.3 Å². The Hall–Kier alpha value is -2.38. The van der Waals surface area contributed by atoms with Crippen LogP contribution in [0.5, 0.6) is 0 Å². The van der Waals surface area contributed by atoms with Crippen LogP contribution >= 0.6 is 0 Å². The van der Waals surface area contributed by atoms with E-state index in [0.29, 0.717) is 37.2 Å². The minimum Gasteiger partial charge on any atom is -0.444 e. The second-order valence-electron chi connectivity index (χ2n) is 7.65. The molecule has 3 heterocycles. The standard InChI is InChI=1S/C17H25N5O3/c1-17(2,3)25-16(24)21-6-4-11(5-7-21)9-22-13(23)8-12-14(18)19-10-20-15(12)22/h10-11H,4-9H2,1-3H3,(H2,18,19,20). The van der Waals surface area contributed by atoms with Crippen LogP contribution in [0.3, 0.4) is 0 Å². The highest BCUT2D eigenvalue weighted by molar-refractivity contribution is 6.01. The molecule has 0 aromatic carbocycles. The van der Waals surface area contributed by atoms with Gasteiger partial charge in [0.1, 0.15) is 23.6 Å². The number of nitrogens with zero attached hydrogens (tertiary/aromatic N) is 4. The van der Waals surface area contributed by atoms with Crippen molar-refractivity contribution in [3.05, 3.63) is 11.9 Å². The molecule has 2 aliphatic rings. The highest BCUT2D eigenvalue weighted by Gasteiger charge is 2.34. The van der Waals surface area contributed by atoms with Crippen molar-refractivity contribution in [3.63, 3.8) is 0 Å². The summed E-state index contributed by atoms with van der Waals surface area (Å²) in [5.74, 6) is 1.34. The van der Waals surface area contributed by atoms with Gasteiger partial charge in [0.05, 0.1) is 6.42 Å². The number of nitrogen functional groups attached to an aromatic ring is 1. The Labute approximate surface area is 147 Å². The molecule has 0 aliphatic carbocycles. The first-order valence-electron chi connectivity index (χ1n) is 8.62. The summed E-state index contributed by atoms with van der Waals surface area (Å²) in [6.07, 6.45) is 3.05. The number of nitrogens with two attached hydrogens (primary N) is 1. The van der Waals surface area contributed by atoms with E-state index in [1.54, 1.807) is 9.80 Å². The lowest BCUT2D eigenvalue weighted by molar-refractivity contribution is -0.117. The first-order valence-corrected chi connectivity index (χ1v) is 8.62. The van der Waals surface area contributed by atoms with Crippen molar-refractivity contribution in [1.29, 1.82) is 0 Å². The van der Waals surface area contributed by atoms with Crippen LogP contribution in [0.25, 0.3) is 0 Å². The van der Waals surface area contributed by atoms with E-state index in [2.05, 4.69) is 9.97 Å². The van der Waals surface area contributed by atoms with E-state index in [0.717, 1.165) is 18.4 Å². The molecule has 0 radical (unpaired) electrons.